The van der Waals surface area contributed by atoms with Crippen molar-refractivity contribution in [3.05, 3.63) is 35.1 Å². The summed E-state index contributed by atoms with van der Waals surface area (Å²) in [6.45, 7) is 1.58. The minimum Gasteiger partial charge on any atom is -0.395 e. The van der Waals surface area contributed by atoms with Gasteiger partial charge in [0.15, 0.2) is 0 Å². The molecule has 0 amide bonds. The van der Waals surface area contributed by atoms with Gasteiger partial charge < -0.3 is 14.6 Å². The van der Waals surface area contributed by atoms with Gasteiger partial charge in [0.25, 0.3) is 0 Å². The van der Waals surface area contributed by atoms with E-state index in [4.69, 9.17) is 14.6 Å². The summed E-state index contributed by atoms with van der Waals surface area (Å²) in [5.41, 5.74) is 1.14. The lowest BCUT2D eigenvalue weighted by atomic mass is 10.1. The molecule has 0 spiro atoms. The Morgan fingerprint density at radius 2 is 2.37 bits per heavy atom. The number of aliphatic hydroxyl groups excluding tert-OH is 1. The number of halogens is 1. The average Bonchev–Trinajstić information content (AvgIpc) is 2.91. The number of benzene rings is 1. The van der Waals surface area contributed by atoms with Crippen molar-refractivity contribution in [3.63, 3.8) is 0 Å². The molecule has 1 aromatic rings. The predicted molar refractivity (Wildman–Crippen MR) is 69.0 cm³/mol. The maximum Gasteiger partial charge on any atom is 0.129 e. The summed E-state index contributed by atoms with van der Waals surface area (Å²) in [5.74, 6) is 5.25. The molecule has 1 aliphatic heterocycles. The van der Waals surface area contributed by atoms with Gasteiger partial charge in [0.1, 0.15) is 5.82 Å². The number of aliphatic hydroxyl groups is 1. The van der Waals surface area contributed by atoms with E-state index in [1.165, 1.54) is 6.07 Å². The molecule has 0 radical (unpaired) electrons. The molecule has 1 aromatic carbocycles. The lowest BCUT2D eigenvalue weighted by Crippen LogP contribution is -2.12. The zero-order valence-electron chi connectivity index (χ0n) is 10.7. The van der Waals surface area contributed by atoms with Crippen molar-refractivity contribution in [2.24, 2.45) is 0 Å². The minimum absolute atomic E-state index is 0.0187. The fourth-order valence-electron chi connectivity index (χ4n) is 1.81. The first-order valence-corrected chi connectivity index (χ1v) is 6.37. The van der Waals surface area contributed by atoms with Crippen LogP contribution in [0.5, 0.6) is 0 Å². The van der Waals surface area contributed by atoms with Crippen LogP contribution in [0, 0.1) is 17.7 Å². The van der Waals surface area contributed by atoms with E-state index in [0.29, 0.717) is 30.8 Å². The first kappa shape index (κ1) is 14.0. The lowest BCUT2D eigenvalue weighted by molar-refractivity contribution is 0.0304. The van der Waals surface area contributed by atoms with Crippen LogP contribution in [0.2, 0.25) is 0 Å². The summed E-state index contributed by atoms with van der Waals surface area (Å²) < 4.78 is 24.6. The molecule has 1 saturated heterocycles. The van der Waals surface area contributed by atoms with E-state index in [-0.39, 0.29) is 25.1 Å². The van der Waals surface area contributed by atoms with Crippen molar-refractivity contribution in [3.8, 4) is 11.8 Å². The van der Waals surface area contributed by atoms with Crippen LogP contribution in [0.4, 0.5) is 4.39 Å². The lowest BCUT2D eigenvalue weighted by Gasteiger charge is -2.10. The standard InChI is InChI=1S/C15H17FO3/c16-15-9-12(3-1-2-7-17)4-5-13(15)10-19-14-6-8-18-11-14/h4-5,9,14,17H,2,6-8,10-11H2. The summed E-state index contributed by atoms with van der Waals surface area (Å²) in [6.07, 6.45) is 1.34. The van der Waals surface area contributed by atoms with Gasteiger partial charge in [0.2, 0.25) is 0 Å². The first-order chi connectivity index (χ1) is 9.29. The average molecular weight is 264 g/mol. The van der Waals surface area contributed by atoms with E-state index < -0.39 is 0 Å². The molecule has 1 fully saturated rings. The number of hydrogen-bond acceptors (Lipinski definition) is 3. The van der Waals surface area contributed by atoms with Gasteiger partial charge >= 0.3 is 0 Å². The Hall–Kier alpha value is -1.41. The van der Waals surface area contributed by atoms with Gasteiger partial charge in [-0.05, 0) is 18.6 Å². The van der Waals surface area contributed by atoms with Gasteiger partial charge in [0.05, 0.1) is 25.9 Å². The second-order valence-corrected chi connectivity index (χ2v) is 4.38. The Labute approximate surface area is 112 Å². The molecule has 1 atom stereocenters. The molecule has 0 aromatic heterocycles. The molecule has 1 N–H and O–H groups in total. The maximum atomic E-state index is 13.8. The highest BCUT2D eigenvalue weighted by Crippen LogP contribution is 2.15. The molecular weight excluding hydrogens is 247 g/mol. The van der Waals surface area contributed by atoms with E-state index >= 15 is 0 Å². The summed E-state index contributed by atoms with van der Waals surface area (Å²) in [5, 5.41) is 8.61. The number of ether oxygens (including phenoxy) is 2. The molecule has 0 bridgehead atoms. The van der Waals surface area contributed by atoms with Gasteiger partial charge in [-0.25, -0.2) is 4.39 Å². The maximum absolute atomic E-state index is 13.8. The Morgan fingerprint density at radius 1 is 1.47 bits per heavy atom. The molecule has 2 rings (SSSR count). The molecule has 19 heavy (non-hydrogen) atoms. The van der Waals surface area contributed by atoms with E-state index in [2.05, 4.69) is 11.8 Å². The molecule has 0 saturated carbocycles. The highest BCUT2D eigenvalue weighted by atomic mass is 19.1. The zero-order chi connectivity index (χ0) is 13.5. The van der Waals surface area contributed by atoms with Gasteiger partial charge in [0, 0.05) is 24.2 Å². The van der Waals surface area contributed by atoms with Crippen LogP contribution in [-0.2, 0) is 16.1 Å². The second kappa shape index (κ2) is 7.25. The molecule has 1 aliphatic rings. The highest BCUT2D eigenvalue weighted by Gasteiger charge is 2.16. The third-order valence-corrected chi connectivity index (χ3v) is 2.89. The predicted octanol–water partition coefficient (Wildman–Crippen LogP) is 1.87. The van der Waals surface area contributed by atoms with Crippen LogP contribution in [0.25, 0.3) is 0 Å². The molecule has 0 aliphatic carbocycles. The summed E-state index contributed by atoms with van der Waals surface area (Å²) in [4.78, 5) is 0. The minimum atomic E-state index is -0.310. The Kier molecular flexibility index (Phi) is 5.34. The van der Waals surface area contributed by atoms with Gasteiger partial charge in [-0.1, -0.05) is 17.9 Å². The summed E-state index contributed by atoms with van der Waals surface area (Å²) >= 11 is 0. The van der Waals surface area contributed by atoms with Crippen LogP contribution in [-0.4, -0.2) is 31.0 Å². The van der Waals surface area contributed by atoms with Crippen molar-refractivity contribution in [1.82, 2.24) is 0 Å². The molecule has 102 valence electrons. The van der Waals surface area contributed by atoms with Crippen molar-refractivity contribution in [1.29, 1.82) is 0 Å². The quantitative estimate of drug-likeness (QED) is 0.844. The molecular formula is C15H17FO3. The fourth-order valence-corrected chi connectivity index (χ4v) is 1.81. The van der Waals surface area contributed by atoms with E-state index in [1.807, 2.05) is 0 Å². The van der Waals surface area contributed by atoms with Crippen molar-refractivity contribution in [2.75, 3.05) is 19.8 Å². The van der Waals surface area contributed by atoms with Crippen molar-refractivity contribution < 1.29 is 19.0 Å². The largest absolute Gasteiger partial charge is 0.395 e. The fraction of sp³-hybridized carbons (Fsp3) is 0.467. The monoisotopic (exact) mass is 264 g/mol. The van der Waals surface area contributed by atoms with Crippen LogP contribution in [0.3, 0.4) is 0 Å². The van der Waals surface area contributed by atoms with Gasteiger partial charge in [-0.2, -0.15) is 0 Å². The smallest absolute Gasteiger partial charge is 0.129 e. The Balaban J connectivity index is 1.93. The number of hydrogen-bond donors (Lipinski definition) is 1. The zero-order valence-corrected chi connectivity index (χ0v) is 10.7. The molecule has 4 heteroatoms. The Bertz CT molecular complexity index is 470. The summed E-state index contributed by atoms with van der Waals surface area (Å²) in [6, 6.07) is 4.85. The normalized spacial score (nSPS) is 18.1. The third kappa shape index (κ3) is 4.32. The molecule has 1 unspecified atom stereocenters. The molecule has 1 heterocycles. The van der Waals surface area contributed by atoms with E-state index in [0.717, 1.165) is 6.42 Å². The van der Waals surface area contributed by atoms with Crippen molar-refractivity contribution >= 4 is 0 Å². The van der Waals surface area contributed by atoms with Crippen LogP contribution in [0.15, 0.2) is 18.2 Å². The highest BCUT2D eigenvalue weighted by molar-refractivity contribution is 5.36. The van der Waals surface area contributed by atoms with Gasteiger partial charge in [-0.3, -0.25) is 0 Å². The van der Waals surface area contributed by atoms with Crippen LogP contribution < -0.4 is 0 Å². The second-order valence-electron chi connectivity index (χ2n) is 4.38. The third-order valence-electron chi connectivity index (χ3n) is 2.89. The molecule has 3 nitrogen and oxygen atoms in total. The summed E-state index contributed by atoms with van der Waals surface area (Å²) in [7, 11) is 0. The van der Waals surface area contributed by atoms with Gasteiger partial charge in [-0.15, -0.1) is 0 Å². The van der Waals surface area contributed by atoms with Crippen LogP contribution in [0.1, 0.15) is 24.0 Å². The Morgan fingerprint density at radius 3 is 3.05 bits per heavy atom. The first-order valence-electron chi connectivity index (χ1n) is 6.37. The van der Waals surface area contributed by atoms with Crippen LogP contribution >= 0.6 is 0 Å². The van der Waals surface area contributed by atoms with E-state index in [9.17, 15) is 4.39 Å². The number of rotatable bonds is 4. The van der Waals surface area contributed by atoms with E-state index in [1.54, 1.807) is 12.1 Å². The SMILES string of the molecule is OCCC#Cc1ccc(COC2CCOC2)c(F)c1. The van der Waals surface area contributed by atoms with Crippen molar-refractivity contribution in [2.45, 2.75) is 25.6 Å². The topological polar surface area (TPSA) is 38.7 Å².